The summed E-state index contributed by atoms with van der Waals surface area (Å²) in [6.07, 6.45) is 0. The predicted molar refractivity (Wildman–Crippen MR) is 116 cm³/mol. The highest BCUT2D eigenvalue weighted by Crippen LogP contribution is 2.30. The van der Waals surface area contributed by atoms with Crippen LogP contribution in [-0.2, 0) is 4.79 Å². The number of aryl methyl sites for hydroxylation is 2. The van der Waals surface area contributed by atoms with E-state index in [4.69, 9.17) is 9.47 Å². The van der Waals surface area contributed by atoms with Gasteiger partial charge in [0, 0.05) is 23.4 Å². The van der Waals surface area contributed by atoms with Crippen LogP contribution >= 0.6 is 0 Å². The van der Waals surface area contributed by atoms with Crippen LogP contribution in [0.25, 0.3) is 11.3 Å². The molecule has 30 heavy (non-hydrogen) atoms. The third-order valence-electron chi connectivity index (χ3n) is 4.89. The summed E-state index contributed by atoms with van der Waals surface area (Å²) in [5.41, 5.74) is 3.88. The van der Waals surface area contributed by atoms with Crippen molar-refractivity contribution in [2.24, 2.45) is 0 Å². The monoisotopic (exact) mass is 407 g/mol. The summed E-state index contributed by atoms with van der Waals surface area (Å²) in [6.45, 7) is 5.62. The van der Waals surface area contributed by atoms with Gasteiger partial charge >= 0.3 is 0 Å². The van der Waals surface area contributed by atoms with E-state index in [0.717, 1.165) is 16.7 Å². The van der Waals surface area contributed by atoms with Gasteiger partial charge in [-0.15, -0.1) is 0 Å². The van der Waals surface area contributed by atoms with Gasteiger partial charge in [-0.3, -0.25) is 9.59 Å². The van der Waals surface area contributed by atoms with E-state index in [0.29, 0.717) is 22.9 Å². The van der Waals surface area contributed by atoms with Gasteiger partial charge in [0.1, 0.15) is 6.04 Å². The molecule has 3 rings (SSSR count). The molecule has 0 aliphatic carbocycles. The van der Waals surface area contributed by atoms with Gasteiger partial charge in [0.2, 0.25) is 5.91 Å². The van der Waals surface area contributed by atoms with Crippen LogP contribution < -0.4 is 20.3 Å². The molecule has 0 unspecified atom stereocenters. The molecular weight excluding hydrogens is 382 g/mol. The van der Waals surface area contributed by atoms with E-state index in [2.05, 4.69) is 10.4 Å². The molecule has 0 saturated heterocycles. The predicted octanol–water partition coefficient (Wildman–Crippen LogP) is 3.74. The second-order valence-corrected chi connectivity index (χ2v) is 7.05. The van der Waals surface area contributed by atoms with Crippen molar-refractivity contribution < 1.29 is 14.3 Å². The number of nitrogens with zero attached hydrogens (tertiary/aromatic N) is 2. The number of carbonyl (C=O) groups excluding carboxylic acids is 1. The Morgan fingerprint density at radius 3 is 2.43 bits per heavy atom. The number of rotatable bonds is 6. The van der Waals surface area contributed by atoms with Gasteiger partial charge in [-0.05, 0) is 50.6 Å². The molecule has 1 heterocycles. The molecule has 0 spiro atoms. The van der Waals surface area contributed by atoms with Crippen LogP contribution in [0.5, 0.6) is 11.5 Å². The van der Waals surface area contributed by atoms with Crippen LogP contribution in [0.15, 0.2) is 53.3 Å². The van der Waals surface area contributed by atoms with Gasteiger partial charge in [-0.2, -0.15) is 5.10 Å². The number of hydrogen-bond acceptors (Lipinski definition) is 5. The number of anilines is 1. The minimum absolute atomic E-state index is 0.348. The van der Waals surface area contributed by atoms with Crippen LogP contribution in [0, 0.1) is 13.8 Å². The molecule has 7 nitrogen and oxygen atoms in total. The maximum absolute atomic E-state index is 12.8. The van der Waals surface area contributed by atoms with Gasteiger partial charge < -0.3 is 14.8 Å². The van der Waals surface area contributed by atoms with Crippen molar-refractivity contribution in [3.05, 3.63) is 70.0 Å². The Hall–Kier alpha value is -3.61. The largest absolute Gasteiger partial charge is 0.493 e. The second kappa shape index (κ2) is 8.82. The Bertz CT molecular complexity index is 1140. The Morgan fingerprint density at radius 1 is 1.00 bits per heavy atom. The molecule has 7 heteroatoms. The van der Waals surface area contributed by atoms with Crippen molar-refractivity contribution in [2.75, 3.05) is 19.5 Å². The Morgan fingerprint density at radius 2 is 1.73 bits per heavy atom. The summed E-state index contributed by atoms with van der Waals surface area (Å²) >= 11 is 0. The van der Waals surface area contributed by atoms with Crippen LogP contribution in [0.4, 0.5) is 5.69 Å². The molecule has 0 radical (unpaired) electrons. The average Bonchev–Trinajstić information content (AvgIpc) is 2.75. The molecular formula is C23H25N3O4. The number of nitrogens with one attached hydrogen (secondary N) is 1. The van der Waals surface area contributed by atoms with Crippen molar-refractivity contribution in [3.8, 4) is 22.8 Å². The fourth-order valence-electron chi connectivity index (χ4n) is 3.13. The lowest BCUT2D eigenvalue weighted by molar-refractivity contribution is -0.119. The van der Waals surface area contributed by atoms with Crippen LogP contribution in [0.3, 0.4) is 0 Å². The van der Waals surface area contributed by atoms with Gasteiger partial charge in [0.25, 0.3) is 5.56 Å². The molecule has 2 aromatic carbocycles. The fourth-order valence-corrected chi connectivity index (χ4v) is 3.13. The van der Waals surface area contributed by atoms with Gasteiger partial charge in [0.05, 0.1) is 19.9 Å². The van der Waals surface area contributed by atoms with E-state index in [1.165, 1.54) is 17.9 Å². The Labute approximate surface area is 175 Å². The quantitative estimate of drug-likeness (QED) is 0.673. The summed E-state index contributed by atoms with van der Waals surface area (Å²) in [7, 11) is 3.06. The summed E-state index contributed by atoms with van der Waals surface area (Å²) in [4.78, 5) is 25.2. The van der Waals surface area contributed by atoms with E-state index in [9.17, 15) is 9.59 Å². The molecule has 0 saturated carbocycles. The van der Waals surface area contributed by atoms with Crippen molar-refractivity contribution in [3.63, 3.8) is 0 Å². The highest BCUT2D eigenvalue weighted by molar-refractivity contribution is 5.93. The van der Waals surface area contributed by atoms with Gasteiger partial charge in [0.15, 0.2) is 11.5 Å². The lowest BCUT2D eigenvalue weighted by Gasteiger charge is -2.16. The minimum Gasteiger partial charge on any atom is -0.493 e. The fraction of sp³-hybridized carbons (Fsp3) is 0.261. The third-order valence-corrected chi connectivity index (χ3v) is 4.89. The smallest absolute Gasteiger partial charge is 0.267 e. The van der Waals surface area contributed by atoms with Crippen LogP contribution in [0.1, 0.15) is 24.1 Å². The van der Waals surface area contributed by atoms with Crippen molar-refractivity contribution in [1.82, 2.24) is 9.78 Å². The SMILES string of the molecule is COc1ccc(NC(=O)[C@@H](C)n2nc(-c3cc(C)ccc3C)ccc2=O)cc1OC. The zero-order valence-corrected chi connectivity index (χ0v) is 17.7. The first kappa shape index (κ1) is 21.1. The van der Waals surface area contributed by atoms with E-state index >= 15 is 0 Å². The molecule has 1 atom stereocenters. The zero-order valence-electron chi connectivity index (χ0n) is 17.7. The molecule has 0 bridgehead atoms. The Balaban J connectivity index is 1.89. The number of ether oxygens (including phenoxy) is 2. The number of carbonyl (C=O) groups is 1. The number of aromatic nitrogens is 2. The molecule has 156 valence electrons. The number of amides is 1. The summed E-state index contributed by atoms with van der Waals surface area (Å²) in [6, 6.07) is 13.4. The van der Waals surface area contributed by atoms with Gasteiger partial charge in [-0.25, -0.2) is 4.68 Å². The lowest BCUT2D eigenvalue weighted by atomic mass is 10.0. The van der Waals surface area contributed by atoms with Crippen molar-refractivity contribution in [2.45, 2.75) is 26.8 Å². The Kier molecular flexibility index (Phi) is 6.20. The molecule has 1 N–H and O–H groups in total. The van der Waals surface area contributed by atoms with Crippen LogP contribution in [0.2, 0.25) is 0 Å². The first-order valence-electron chi connectivity index (χ1n) is 9.54. The second-order valence-electron chi connectivity index (χ2n) is 7.05. The molecule has 1 aromatic heterocycles. The molecule has 1 amide bonds. The normalized spacial score (nSPS) is 11.6. The topological polar surface area (TPSA) is 82.5 Å². The summed E-state index contributed by atoms with van der Waals surface area (Å²) < 4.78 is 11.7. The summed E-state index contributed by atoms with van der Waals surface area (Å²) in [5, 5.41) is 7.27. The number of methoxy groups -OCH3 is 2. The molecule has 0 aliphatic heterocycles. The maximum atomic E-state index is 12.8. The zero-order chi connectivity index (χ0) is 21.8. The first-order chi connectivity index (χ1) is 14.3. The number of benzene rings is 2. The molecule has 3 aromatic rings. The van der Waals surface area contributed by atoms with Crippen molar-refractivity contribution in [1.29, 1.82) is 0 Å². The summed E-state index contributed by atoms with van der Waals surface area (Å²) in [5.74, 6) is 0.688. The van der Waals surface area contributed by atoms with E-state index in [-0.39, 0.29) is 11.5 Å². The van der Waals surface area contributed by atoms with Gasteiger partial charge in [-0.1, -0.05) is 17.7 Å². The number of hydrogen-bond donors (Lipinski definition) is 1. The third kappa shape index (κ3) is 4.35. The maximum Gasteiger partial charge on any atom is 0.267 e. The van der Waals surface area contributed by atoms with E-state index in [1.54, 1.807) is 38.3 Å². The highest BCUT2D eigenvalue weighted by Gasteiger charge is 2.19. The van der Waals surface area contributed by atoms with Crippen LogP contribution in [-0.4, -0.2) is 29.9 Å². The molecule has 0 aliphatic rings. The van der Waals surface area contributed by atoms with Crippen molar-refractivity contribution >= 4 is 11.6 Å². The highest BCUT2D eigenvalue weighted by atomic mass is 16.5. The minimum atomic E-state index is -0.810. The molecule has 0 fully saturated rings. The first-order valence-corrected chi connectivity index (χ1v) is 9.54. The average molecular weight is 407 g/mol. The van der Waals surface area contributed by atoms with E-state index < -0.39 is 6.04 Å². The lowest BCUT2D eigenvalue weighted by Crippen LogP contribution is -2.33. The van der Waals surface area contributed by atoms with E-state index in [1.807, 2.05) is 32.0 Å². The standard InChI is InChI=1S/C23H25N3O4/c1-14-6-7-15(2)18(12-14)19-9-11-22(27)26(25-19)16(3)23(28)24-17-8-10-20(29-4)21(13-17)30-5/h6-13,16H,1-5H3,(H,24,28)/t16-/m1/s1.